The summed E-state index contributed by atoms with van der Waals surface area (Å²) in [6, 6.07) is 18.8. The maximum atomic E-state index is 12.9. The molecule has 0 saturated carbocycles. The number of carbonyl (C=O) groups excluding carboxylic acids is 1. The van der Waals surface area contributed by atoms with E-state index >= 15 is 0 Å². The predicted molar refractivity (Wildman–Crippen MR) is 181 cm³/mol. The minimum atomic E-state index is -1.20. The summed E-state index contributed by atoms with van der Waals surface area (Å²) in [5, 5.41) is 0.542. The Hall–Kier alpha value is -3.72. The lowest BCUT2D eigenvalue weighted by Gasteiger charge is -2.12. The Morgan fingerprint density at radius 1 is 1.00 bits per heavy atom. The summed E-state index contributed by atoms with van der Waals surface area (Å²) < 4.78 is 31.9. The molecule has 4 rings (SSSR count). The SMILES string of the molecule is CCCCOCCOc1ccc(-c2cc(/C=C/C(=O)Cc3ccc(S(=O)Cc4cncn4CCC)cc3)c(OC)cc2Cl)cc1. The number of halogens is 1. The molecular formula is C36H41ClN2O5S. The molecule has 4 aromatic rings. The molecule has 0 aliphatic heterocycles. The van der Waals surface area contributed by atoms with Crippen LogP contribution in [0.2, 0.25) is 5.02 Å². The van der Waals surface area contributed by atoms with E-state index in [0.717, 1.165) is 71.0 Å². The zero-order chi connectivity index (χ0) is 32.0. The highest BCUT2D eigenvalue weighted by Crippen LogP contribution is 2.35. The van der Waals surface area contributed by atoms with Crippen LogP contribution >= 0.6 is 11.6 Å². The fraction of sp³-hybridized carbons (Fsp3) is 0.333. The quantitative estimate of drug-likeness (QED) is 0.0805. The number of aromatic nitrogens is 2. The summed E-state index contributed by atoms with van der Waals surface area (Å²) in [4.78, 5) is 17.8. The number of allylic oxidation sites excluding steroid dienone is 1. The van der Waals surface area contributed by atoms with Gasteiger partial charge in [0.15, 0.2) is 5.78 Å². The standard InChI is InChI=1S/C36H41ClN2O5S/c1-4-6-18-43-19-20-44-32-13-10-28(11-14-32)34-22-29(36(42-3)23-35(34)37)9-12-31(40)21-27-7-15-33(16-8-27)45(41)25-30-24-38-26-39(30)17-5-2/h7-16,22-24,26H,4-6,17-21,25H2,1-3H3/b12-9+. The summed E-state index contributed by atoms with van der Waals surface area (Å²) in [5.41, 5.74) is 4.27. The van der Waals surface area contributed by atoms with Gasteiger partial charge in [-0.1, -0.05) is 56.1 Å². The van der Waals surface area contributed by atoms with Gasteiger partial charge < -0.3 is 18.8 Å². The van der Waals surface area contributed by atoms with Crippen molar-refractivity contribution in [3.63, 3.8) is 0 Å². The molecule has 0 saturated heterocycles. The highest BCUT2D eigenvalue weighted by molar-refractivity contribution is 7.84. The van der Waals surface area contributed by atoms with E-state index in [0.29, 0.717) is 29.7 Å². The van der Waals surface area contributed by atoms with Gasteiger partial charge in [-0.2, -0.15) is 0 Å². The normalized spacial score (nSPS) is 12.0. The topological polar surface area (TPSA) is 79.7 Å². The summed E-state index contributed by atoms with van der Waals surface area (Å²) >= 11 is 6.62. The number of hydrogen-bond donors (Lipinski definition) is 0. The molecule has 0 bridgehead atoms. The number of nitrogens with zero attached hydrogens (tertiary/aromatic N) is 2. The first-order valence-corrected chi connectivity index (χ1v) is 17.0. The van der Waals surface area contributed by atoms with E-state index < -0.39 is 10.8 Å². The first-order valence-electron chi connectivity index (χ1n) is 15.3. The first-order chi connectivity index (χ1) is 21.9. The Morgan fingerprint density at radius 3 is 2.49 bits per heavy atom. The van der Waals surface area contributed by atoms with Crippen LogP contribution in [0, 0.1) is 0 Å². The molecule has 1 atom stereocenters. The number of ether oxygens (including phenoxy) is 3. The van der Waals surface area contributed by atoms with Gasteiger partial charge in [0.1, 0.15) is 18.1 Å². The van der Waals surface area contributed by atoms with Crippen molar-refractivity contribution >= 4 is 34.3 Å². The lowest BCUT2D eigenvalue weighted by atomic mass is 10.0. The number of hydrogen-bond acceptors (Lipinski definition) is 6. The van der Waals surface area contributed by atoms with Gasteiger partial charge in [0, 0.05) is 41.8 Å². The highest BCUT2D eigenvalue weighted by Gasteiger charge is 2.12. The van der Waals surface area contributed by atoms with Gasteiger partial charge in [-0.3, -0.25) is 9.00 Å². The lowest BCUT2D eigenvalue weighted by molar-refractivity contribution is -0.113. The molecule has 0 spiro atoms. The molecule has 0 fully saturated rings. The third-order valence-corrected chi connectivity index (χ3v) is 8.85. The lowest BCUT2D eigenvalue weighted by Crippen LogP contribution is -2.07. The van der Waals surface area contributed by atoms with Crippen LogP contribution in [0.15, 0.2) is 84.2 Å². The molecule has 0 aliphatic rings. The molecular weight excluding hydrogens is 608 g/mol. The van der Waals surface area contributed by atoms with Gasteiger partial charge in [-0.15, -0.1) is 0 Å². The van der Waals surface area contributed by atoms with Crippen LogP contribution < -0.4 is 9.47 Å². The van der Waals surface area contributed by atoms with Crippen molar-refractivity contribution in [1.29, 1.82) is 0 Å². The monoisotopic (exact) mass is 648 g/mol. The second-order valence-corrected chi connectivity index (χ2v) is 12.5. The molecule has 9 heteroatoms. The van der Waals surface area contributed by atoms with Crippen LogP contribution in [0.25, 0.3) is 17.2 Å². The van der Waals surface area contributed by atoms with E-state index in [1.165, 1.54) is 0 Å². The Kier molecular flexibility index (Phi) is 13.4. The Balaban J connectivity index is 1.37. The number of ketones is 1. The zero-order valence-electron chi connectivity index (χ0n) is 26.2. The number of imidazole rings is 1. The summed E-state index contributed by atoms with van der Waals surface area (Å²) in [7, 11) is 0.374. The molecule has 3 aromatic carbocycles. The average molecular weight is 649 g/mol. The molecule has 0 N–H and O–H groups in total. The van der Waals surface area contributed by atoms with Crippen molar-refractivity contribution in [2.75, 3.05) is 26.9 Å². The van der Waals surface area contributed by atoms with Crippen LogP contribution in [0.1, 0.15) is 49.9 Å². The number of carbonyl (C=O) groups is 1. The molecule has 1 heterocycles. The number of aryl methyl sites for hydroxylation is 1. The molecule has 238 valence electrons. The minimum Gasteiger partial charge on any atom is -0.496 e. The molecule has 1 aromatic heterocycles. The minimum absolute atomic E-state index is 0.0638. The molecule has 7 nitrogen and oxygen atoms in total. The predicted octanol–water partition coefficient (Wildman–Crippen LogP) is 7.95. The first kappa shape index (κ1) is 34.2. The second-order valence-electron chi connectivity index (χ2n) is 10.6. The number of rotatable bonds is 18. The maximum Gasteiger partial charge on any atom is 0.160 e. The molecule has 0 amide bonds. The van der Waals surface area contributed by atoms with E-state index in [2.05, 4.69) is 18.8 Å². The zero-order valence-corrected chi connectivity index (χ0v) is 27.7. The summed E-state index contributed by atoms with van der Waals surface area (Å²) in [5.74, 6) is 1.67. The van der Waals surface area contributed by atoms with Gasteiger partial charge in [0.2, 0.25) is 0 Å². The van der Waals surface area contributed by atoms with Crippen LogP contribution in [0.5, 0.6) is 11.5 Å². The average Bonchev–Trinajstić information content (AvgIpc) is 3.49. The third kappa shape index (κ3) is 10.1. The van der Waals surface area contributed by atoms with Crippen molar-refractivity contribution in [3.05, 3.63) is 101 Å². The molecule has 0 aliphatic carbocycles. The maximum absolute atomic E-state index is 12.9. The van der Waals surface area contributed by atoms with Crippen molar-refractivity contribution in [2.45, 2.75) is 56.7 Å². The van der Waals surface area contributed by atoms with Gasteiger partial charge in [-0.25, -0.2) is 4.98 Å². The smallest absolute Gasteiger partial charge is 0.160 e. The van der Waals surface area contributed by atoms with Crippen molar-refractivity contribution < 1.29 is 23.2 Å². The van der Waals surface area contributed by atoms with Crippen molar-refractivity contribution in [3.8, 4) is 22.6 Å². The van der Waals surface area contributed by atoms with E-state index in [-0.39, 0.29) is 12.2 Å². The van der Waals surface area contributed by atoms with E-state index in [9.17, 15) is 9.00 Å². The number of unbranched alkanes of at least 4 members (excludes halogenated alkanes) is 1. The van der Waals surface area contributed by atoms with E-state index in [1.807, 2.05) is 59.2 Å². The summed E-state index contributed by atoms with van der Waals surface area (Å²) in [6.45, 7) is 6.88. The fourth-order valence-corrected chi connectivity index (χ4v) is 6.11. The molecule has 1 unspecified atom stereocenters. The van der Waals surface area contributed by atoms with Crippen LogP contribution in [0.4, 0.5) is 0 Å². The van der Waals surface area contributed by atoms with Crippen LogP contribution in [-0.4, -0.2) is 46.5 Å². The number of methoxy groups -OCH3 is 1. The molecule has 0 radical (unpaired) electrons. The largest absolute Gasteiger partial charge is 0.496 e. The Bertz CT molecular complexity index is 1580. The summed E-state index contributed by atoms with van der Waals surface area (Å²) in [6.07, 6.45) is 10.2. The van der Waals surface area contributed by atoms with Gasteiger partial charge in [-0.05, 0) is 72.5 Å². The fourth-order valence-electron chi connectivity index (χ4n) is 4.73. The van der Waals surface area contributed by atoms with Crippen LogP contribution in [0.3, 0.4) is 0 Å². The van der Waals surface area contributed by atoms with E-state index in [1.54, 1.807) is 37.9 Å². The van der Waals surface area contributed by atoms with E-state index in [4.69, 9.17) is 25.8 Å². The second kappa shape index (κ2) is 17.7. The van der Waals surface area contributed by atoms with Crippen molar-refractivity contribution in [1.82, 2.24) is 9.55 Å². The van der Waals surface area contributed by atoms with Gasteiger partial charge in [0.05, 0.1) is 47.3 Å². The molecule has 45 heavy (non-hydrogen) atoms. The Labute approximate surface area is 273 Å². The van der Waals surface area contributed by atoms with Gasteiger partial charge >= 0.3 is 0 Å². The van der Waals surface area contributed by atoms with Crippen molar-refractivity contribution in [2.24, 2.45) is 0 Å². The third-order valence-electron chi connectivity index (χ3n) is 7.18. The Morgan fingerprint density at radius 2 is 1.78 bits per heavy atom. The van der Waals surface area contributed by atoms with Crippen LogP contribution in [-0.2, 0) is 39.0 Å². The number of benzene rings is 3. The van der Waals surface area contributed by atoms with Gasteiger partial charge in [0.25, 0.3) is 0 Å². The highest BCUT2D eigenvalue weighted by atomic mass is 35.5.